The molecule has 0 saturated heterocycles. The summed E-state index contributed by atoms with van der Waals surface area (Å²) in [4.78, 5) is 0. The molecule has 0 nitrogen and oxygen atoms in total. The lowest BCUT2D eigenvalue weighted by atomic mass is 9.87. The molecule has 0 radical (unpaired) electrons. The highest BCUT2D eigenvalue weighted by Gasteiger charge is 2.11. The summed E-state index contributed by atoms with van der Waals surface area (Å²) < 4.78 is 0. The van der Waals surface area contributed by atoms with Gasteiger partial charge in [0.2, 0.25) is 0 Å². The van der Waals surface area contributed by atoms with Crippen molar-refractivity contribution in [1.82, 2.24) is 0 Å². The van der Waals surface area contributed by atoms with Crippen molar-refractivity contribution in [2.45, 2.75) is 0 Å². The minimum absolute atomic E-state index is 0.507. The van der Waals surface area contributed by atoms with Gasteiger partial charge in [-0.3, -0.25) is 0 Å². The summed E-state index contributed by atoms with van der Waals surface area (Å²) in [5.74, 6) is 1.01. The second-order valence-corrected chi connectivity index (χ2v) is 3.46. The zero-order valence-electron chi connectivity index (χ0n) is 8.08. The van der Waals surface area contributed by atoms with E-state index in [-0.39, 0.29) is 0 Å². The average molecular weight is 182 g/mol. The number of hydrogen-bond donors (Lipinski definition) is 0. The fourth-order valence-corrected chi connectivity index (χ4v) is 1.67. The third kappa shape index (κ3) is 2.23. The molecular formula is C14H14. The minimum Gasteiger partial charge on any atom is -0.0767 e. The fraction of sp³-hybridized carbons (Fsp3) is 0.143. The molecule has 2 rings (SSSR count). The van der Waals surface area contributed by atoms with E-state index in [9.17, 15) is 0 Å². The monoisotopic (exact) mass is 182 g/mol. The topological polar surface area (TPSA) is 0 Å². The summed E-state index contributed by atoms with van der Waals surface area (Å²) in [6.07, 6.45) is 25.7. The normalized spacial score (nSPS) is 38.3. The summed E-state index contributed by atoms with van der Waals surface area (Å²) in [5, 5.41) is 0. The van der Waals surface area contributed by atoms with Crippen LogP contribution in [0.5, 0.6) is 0 Å². The predicted octanol–water partition coefficient (Wildman–Crippen LogP) is 3.58. The van der Waals surface area contributed by atoms with E-state index in [4.69, 9.17) is 0 Å². The molecule has 2 unspecified atom stereocenters. The molecule has 2 aliphatic rings. The second-order valence-electron chi connectivity index (χ2n) is 3.46. The summed E-state index contributed by atoms with van der Waals surface area (Å²) in [6.45, 7) is 0. The van der Waals surface area contributed by atoms with Crippen molar-refractivity contribution in [2.75, 3.05) is 0 Å². The minimum atomic E-state index is 0.507. The quantitative estimate of drug-likeness (QED) is 0.537. The van der Waals surface area contributed by atoms with Crippen molar-refractivity contribution in [3.63, 3.8) is 0 Å². The first-order valence-electron chi connectivity index (χ1n) is 5.00. The van der Waals surface area contributed by atoms with Gasteiger partial charge in [-0.1, -0.05) is 72.9 Å². The maximum absolute atomic E-state index is 2.24. The molecule has 0 saturated carbocycles. The molecule has 0 heteroatoms. The Bertz CT molecular complexity index is 312. The van der Waals surface area contributed by atoms with Crippen molar-refractivity contribution in [2.24, 2.45) is 11.8 Å². The highest BCUT2D eigenvalue weighted by molar-refractivity contribution is 5.27. The molecule has 70 valence electrons. The van der Waals surface area contributed by atoms with E-state index < -0.39 is 0 Å². The highest BCUT2D eigenvalue weighted by atomic mass is 14.2. The van der Waals surface area contributed by atoms with Gasteiger partial charge in [-0.05, 0) is 0 Å². The maximum atomic E-state index is 2.24. The molecule has 0 aromatic heterocycles. The van der Waals surface area contributed by atoms with Crippen LogP contribution >= 0.6 is 0 Å². The van der Waals surface area contributed by atoms with Crippen LogP contribution in [0.4, 0.5) is 0 Å². The summed E-state index contributed by atoms with van der Waals surface area (Å²) in [6, 6.07) is 0. The van der Waals surface area contributed by atoms with Crippen molar-refractivity contribution in [1.29, 1.82) is 0 Å². The third-order valence-corrected chi connectivity index (χ3v) is 2.44. The average Bonchev–Trinajstić information content (AvgIpc) is 2.25. The first-order chi connectivity index (χ1) is 6.97. The lowest BCUT2D eigenvalue weighted by Crippen LogP contribution is -2.07. The molecule has 0 N–H and O–H groups in total. The van der Waals surface area contributed by atoms with Crippen molar-refractivity contribution < 1.29 is 0 Å². The van der Waals surface area contributed by atoms with Gasteiger partial charge < -0.3 is 0 Å². The fourth-order valence-electron chi connectivity index (χ4n) is 1.67. The number of rotatable bonds is 0. The lowest BCUT2D eigenvalue weighted by molar-refractivity contribution is 0.668. The van der Waals surface area contributed by atoms with Gasteiger partial charge in [-0.2, -0.15) is 0 Å². The van der Waals surface area contributed by atoms with Gasteiger partial charge in [0.1, 0.15) is 0 Å². The van der Waals surface area contributed by atoms with Gasteiger partial charge in [0.15, 0.2) is 0 Å². The Kier molecular flexibility index (Phi) is 2.97. The maximum Gasteiger partial charge on any atom is 0.00506 e. The molecule has 0 bridgehead atoms. The van der Waals surface area contributed by atoms with Crippen LogP contribution in [0.1, 0.15) is 0 Å². The molecule has 0 amide bonds. The van der Waals surface area contributed by atoms with Crippen LogP contribution in [0.3, 0.4) is 0 Å². The summed E-state index contributed by atoms with van der Waals surface area (Å²) in [7, 11) is 0. The van der Waals surface area contributed by atoms with E-state index in [1.807, 2.05) is 12.2 Å². The zero-order chi connectivity index (χ0) is 9.64. The predicted molar refractivity (Wildman–Crippen MR) is 61.8 cm³/mol. The van der Waals surface area contributed by atoms with E-state index >= 15 is 0 Å². The van der Waals surface area contributed by atoms with Crippen molar-refractivity contribution in [3.8, 4) is 0 Å². The Morgan fingerprint density at radius 3 is 1.07 bits per heavy atom. The van der Waals surface area contributed by atoms with E-state index in [0.29, 0.717) is 11.8 Å². The largest absolute Gasteiger partial charge is 0.0767 e. The van der Waals surface area contributed by atoms with E-state index in [0.717, 1.165) is 0 Å². The summed E-state index contributed by atoms with van der Waals surface area (Å²) >= 11 is 0. The van der Waals surface area contributed by atoms with Gasteiger partial charge in [0.25, 0.3) is 0 Å². The number of allylic oxidation sites excluding steroid dienone is 12. The Morgan fingerprint density at radius 2 is 0.643 bits per heavy atom. The molecule has 0 aromatic rings. The van der Waals surface area contributed by atoms with Crippen molar-refractivity contribution >= 4 is 0 Å². The van der Waals surface area contributed by atoms with Crippen LogP contribution in [0.2, 0.25) is 0 Å². The molecule has 0 aromatic carbocycles. The molecule has 0 heterocycles. The zero-order valence-corrected chi connectivity index (χ0v) is 8.08. The SMILES string of the molecule is C1=CC2\C=C/C=C\C=C/C=C/C2C=C1. The molecule has 2 atom stereocenters. The van der Waals surface area contributed by atoms with Crippen LogP contribution in [0, 0.1) is 11.8 Å². The van der Waals surface area contributed by atoms with Gasteiger partial charge in [-0.15, -0.1) is 0 Å². The van der Waals surface area contributed by atoms with Crippen LogP contribution in [0.25, 0.3) is 0 Å². The third-order valence-electron chi connectivity index (χ3n) is 2.44. The van der Waals surface area contributed by atoms with Crippen molar-refractivity contribution in [3.05, 3.63) is 72.9 Å². The molecule has 0 fully saturated rings. The van der Waals surface area contributed by atoms with Crippen LogP contribution < -0.4 is 0 Å². The van der Waals surface area contributed by atoms with Gasteiger partial charge in [0, 0.05) is 11.8 Å². The van der Waals surface area contributed by atoms with Gasteiger partial charge >= 0.3 is 0 Å². The first-order valence-corrected chi connectivity index (χ1v) is 5.00. The van der Waals surface area contributed by atoms with Crippen LogP contribution in [-0.4, -0.2) is 0 Å². The van der Waals surface area contributed by atoms with E-state index in [1.54, 1.807) is 0 Å². The van der Waals surface area contributed by atoms with Crippen LogP contribution in [0.15, 0.2) is 72.9 Å². The molecule has 0 spiro atoms. The number of fused-ring (bicyclic) bond motifs is 1. The Labute approximate surface area is 85.3 Å². The second kappa shape index (κ2) is 4.61. The molecule has 2 aliphatic carbocycles. The van der Waals surface area contributed by atoms with Crippen LogP contribution in [-0.2, 0) is 0 Å². The molecule has 0 aliphatic heterocycles. The van der Waals surface area contributed by atoms with E-state index in [1.165, 1.54) is 0 Å². The standard InChI is InChI=1S/C14H14/c1-2-4-6-10-14-12-8-7-11-13(14)9-5-3-1/h1-14H/b3-1-,4-2-,9-5-,10-6+. The number of hydrogen-bond acceptors (Lipinski definition) is 0. The summed E-state index contributed by atoms with van der Waals surface area (Å²) in [5.41, 5.74) is 0. The highest BCUT2D eigenvalue weighted by Crippen LogP contribution is 2.22. The Morgan fingerprint density at radius 1 is 0.357 bits per heavy atom. The van der Waals surface area contributed by atoms with Gasteiger partial charge in [0.05, 0.1) is 0 Å². The molecule has 14 heavy (non-hydrogen) atoms. The first kappa shape index (κ1) is 9.01. The van der Waals surface area contributed by atoms with Gasteiger partial charge in [-0.25, -0.2) is 0 Å². The Balaban J connectivity index is 2.24. The Hall–Kier alpha value is -1.56. The van der Waals surface area contributed by atoms with E-state index in [2.05, 4.69) is 60.8 Å². The lowest BCUT2D eigenvalue weighted by Gasteiger charge is -2.17. The smallest absolute Gasteiger partial charge is 0.00506 e. The molecular weight excluding hydrogens is 168 g/mol.